The second-order valence-electron chi connectivity index (χ2n) is 4.94. The maximum Gasteiger partial charge on any atom is 0.0599 e. The molecular formula is C14H24N2OS. The fourth-order valence-electron chi connectivity index (χ4n) is 2.47. The van der Waals surface area contributed by atoms with Crippen molar-refractivity contribution in [3.63, 3.8) is 0 Å². The summed E-state index contributed by atoms with van der Waals surface area (Å²) in [4.78, 5) is 4.03. The summed E-state index contributed by atoms with van der Waals surface area (Å²) in [7, 11) is 0. The molecular weight excluding hydrogens is 244 g/mol. The van der Waals surface area contributed by atoms with Crippen molar-refractivity contribution >= 4 is 11.3 Å². The lowest BCUT2D eigenvalue weighted by molar-refractivity contribution is -0.000433. The number of likely N-dealkylation sites (tertiary alicyclic amines) is 1. The molecule has 4 heteroatoms. The van der Waals surface area contributed by atoms with Crippen LogP contribution >= 0.6 is 11.3 Å². The molecule has 2 N–H and O–H groups in total. The second kappa shape index (κ2) is 7.24. The second-order valence-corrected chi connectivity index (χ2v) is 5.92. The maximum atomic E-state index is 5.84. The van der Waals surface area contributed by atoms with Crippen molar-refractivity contribution in [3.05, 3.63) is 22.4 Å². The summed E-state index contributed by atoms with van der Waals surface area (Å²) >= 11 is 1.86. The Hall–Kier alpha value is -0.420. The summed E-state index contributed by atoms with van der Waals surface area (Å²) in [6.07, 6.45) is 3.73. The van der Waals surface area contributed by atoms with Gasteiger partial charge in [-0.15, -0.1) is 11.3 Å². The molecule has 1 aromatic heterocycles. The van der Waals surface area contributed by atoms with Crippen LogP contribution in [0.3, 0.4) is 0 Å². The van der Waals surface area contributed by atoms with Crippen LogP contribution in [0.25, 0.3) is 0 Å². The molecule has 0 amide bonds. The topological polar surface area (TPSA) is 38.5 Å². The third-order valence-corrected chi connectivity index (χ3v) is 4.72. The van der Waals surface area contributed by atoms with Gasteiger partial charge in [0.15, 0.2) is 0 Å². The smallest absolute Gasteiger partial charge is 0.0599 e. The Bertz CT molecular complexity index is 321. The van der Waals surface area contributed by atoms with Crippen LogP contribution in [0.15, 0.2) is 17.5 Å². The van der Waals surface area contributed by atoms with Gasteiger partial charge in [0.25, 0.3) is 0 Å². The van der Waals surface area contributed by atoms with Gasteiger partial charge in [-0.1, -0.05) is 6.07 Å². The standard InChI is InChI=1S/C14H24N2OS/c1-12(14-4-2-11-18-14)16-8-5-13(6-9-16)17-10-3-7-15/h2,4,11-13H,3,5-10,15H2,1H3. The summed E-state index contributed by atoms with van der Waals surface area (Å²) in [6, 6.07) is 4.92. The zero-order valence-electron chi connectivity index (χ0n) is 11.2. The number of piperidine rings is 1. The molecule has 3 nitrogen and oxygen atoms in total. The van der Waals surface area contributed by atoms with Crippen LogP contribution in [0.2, 0.25) is 0 Å². The molecule has 1 unspecified atom stereocenters. The van der Waals surface area contributed by atoms with E-state index in [1.165, 1.54) is 4.88 Å². The fraction of sp³-hybridized carbons (Fsp3) is 0.714. The van der Waals surface area contributed by atoms with E-state index < -0.39 is 0 Å². The van der Waals surface area contributed by atoms with Crippen LogP contribution < -0.4 is 5.73 Å². The summed E-state index contributed by atoms with van der Waals surface area (Å²) in [5, 5.41) is 2.16. The minimum atomic E-state index is 0.448. The van der Waals surface area contributed by atoms with Crippen molar-refractivity contribution in [2.75, 3.05) is 26.2 Å². The van der Waals surface area contributed by atoms with Crippen LogP contribution in [-0.4, -0.2) is 37.2 Å². The van der Waals surface area contributed by atoms with Crippen molar-refractivity contribution in [1.82, 2.24) is 4.90 Å². The lowest BCUT2D eigenvalue weighted by atomic mass is 10.1. The molecule has 2 heterocycles. The van der Waals surface area contributed by atoms with Crippen LogP contribution in [0.4, 0.5) is 0 Å². The Morgan fingerprint density at radius 1 is 1.50 bits per heavy atom. The highest BCUT2D eigenvalue weighted by molar-refractivity contribution is 7.10. The average Bonchev–Trinajstić information content (AvgIpc) is 2.93. The number of ether oxygens (including phenoxy) is 1. The molecule has 1 aliphatic rings. The minimum absolute atomic E-state index is 0.448. The quantitative estimate of drug-likeness (QED) is 0.806. The highest BCUT2D eigenvalue weighted by Gasteiger charge is 2.24. The van der Waals surface area contributed by atoms with Gasteiger partial charge in [-0.3, -0.25) is 4.90 Å². The first-order chi connectivity index (χ1) is 8.81. The Labute approximate surface area is 114 Å². The number of nitrogens with zero attached hydrogens (tertiary/aromatic N) is 1. The van der Waals surface area contributed by atoms with Crippen molar-refractivity contribution in [2.24, 2.45) is 5.73 Å². The van der Waals surface area contributed by atoms with Crippen molar-refractivity contribution < 1.29 is 4.74 Å². The van der Waals surface area contributed by atoms with Gasteiger partial charge in [0.05, 0.1) is 6.10 Å². The summed E-state index contributed by atoms with van der Waals surface area (Å²) in [5.41, 5.74) is 5.47. The van der Waals surface area contributed by atoms with Crippen LogP contribution in [0.1, 0.15) is 37.1 Å². The van der Waals surface area contributed by atoms with Gasteiger partial charge in [-0.05, 0) is 44.2 Å². The molecule has 0 spiro atoms. The van der Waals surface area contributed by atoms with Crippen molar-refractivity contribution in [3.8, 4) is 0 Å². The lowest BCUT2D eigenvalue weighted by Gasteiger charge is -2.35. The molecule has 102 valence electrons. The normalized spacial score (nSPS) is 20.1. The van der Waals surface area contributed by atoms with Gasteiger partial charge >= 0.3 is 0 Å². The van der Waals surface area contributed by atoms with E-state index in [0.29, 0.717) is 12.1 Å². The van der Waals surface area contributed by atoms with Gasteiger partial charge in [-0.25, -0.2) is 0 Å². The molecule has 2 rings (SSSR count). The van der Waals surface area contributed by atoms with E-state index in [9.17, 15) is 0 Å². The molecule has 0 aliphatic carbocycles. The first-order valence-corrected chi connectivity index (χ1v) is 7.78. The van der Waals surface area contributed by atoms with Crippen molar-refractivity contribution in [2.45, 2.75) is 38.3 Å². The fourth-order valence-corrected chi connectivity index (χ4v) is 3.29. The lowest BCUT2D eigenvalue weighted by Crippen LogP contribution is -2.38. The molecule has 1 aliphatic heterocycles. The first kappa shape index (κ1) is 14.0. The zero-order valence-corrected chi connectivity index (χ0v) is 12.0. The number of nitrogens with two attached hydrogens (primary N) is 1. The number of hydrogen-bond donors (Lipinski definition) is 1. The summed E-state index contributed by atoms with van der Waals surface area (Å²) < 4.78 is 5.84. The Morgan fingerprint density at radius 3 is 2.89 bits per heavy atom. The van der Waals surface area contributed by atoms with Gasteiger partial charge < -0.3 is 10.5 Å². The van der Waals surface area contributed by atoms with Gasteiger partial charge in [0.2, 0.25) is 0 Å². The van der Waals surface area contributed by atoms with E-state index in [1.54, 1.807) is 0 Å². The first-order valence-electron chi connectivity index (χ1n) is 6.90. The SMILES string of the molecule is CC(c1cccs1)N1CCC(OCCCN)CC1. The Kier molecular flexibility index (Phi) is 5.63. The van der Waals surface area contributed by atoms with E-state index in [0.717, 1.165) is 45.5 Å². The third-order valence-electron chi connectivity index (χ3n) is 3.68. The zero-order chi connectivity index (χ0) is 12.8. The van der Waals surface area contributed by atoms with E-state index in [4.69, 9.17) is 10.5 Å². The van der Waals surface area contributed by atoms with E-state index in [-0.39, 0.29) is 0 Å². The van der Waals surface area contributed by atoms with Crippen LogP contribution in [0.5, 0.6) is 0 Å². The van der Waals surface area contributed by atoms with Crippen LogP contribution in [0, 0.1) is 0 Å². The van der Waals surface area contributed by atoms with E-state index >= 15 is 0 Å². The summed E-state index contributed by atoms with van der Waals surface area (Å²) in [5.74, 6) is 0. The monoisotopic (exact) mass is 268 g/mol. The van der Waals surface area contributed by atoms with Crippen molar-refractivity contribution in [1.29, 1.82) is 0 Å². The molecule has 0 saturated carbocycles. The molecule has 0 aromatic carbocycles. The minimum Gasteiger partial charge on any atom is -0.378 e. The Morgan fingerprint density at radius 2 is 2.28 bits per heavy atom. The molecule has 1 aromatic rings. The average molecular weight is 268 g/mol. The number of rotatable bonds is 6. The molecule has 0 radical (unpaired) electrons. The molecule has 0 bridgehead atoms. The molecule has 1 saturated heterocycles. The molecule has 18 heavy (non-hydrogen) atoms. The Balaban J connectivity index is 1.73. The van der Waals surface area contributed by atoms with Gasteiger partial charge in [0, 0.05) is 30.6 Å². The maximum absolute atomic E-state index is 5.84. The number of thiophene rings is 1. The molecule has 1 fully saturated rings. The highest BCUT2D eigenvalue weighted by atomic mass is 32.1. The van der Waals surface area contributed by atoms with Crippen LogP contribution in [-0.2, 0) is 4.74 Å². The molecule has 1 atom stereocenters. The van der Waals surface area contributed by atoms with Gasteiger partial charge in [0.1, 0.15) is 0 Å². The van der Waals surface area contributed by atoms with Gasteiger partial charge in [-0.2, -0.15) is 0 Å². The number of hydrogen-bond acceptors (Lipinski definition) is 4. The van der Waals surface area contributed by atoms with E-state index in [2.05, 4.69) is 29.3 Å². The third kappa shape index (κ3) is 3.79. The largest absolute Gasteiger partial charge is 0.378 e. The predicted octanol–water partition coefficient (Wildman–Crippen LogP) is 2.64. The predicted molar refractivity (Wildman–Crippen MR) is 77.0 cm³/mol. The highest BCUT2D eigenvalue weighted by Crippen LogP contribution is 2.27. The van der Waals surface area contributed by atoms with E-state index in [1.807, 2.05) is 11.3 Å². The summed E-state index contributed by atoms with van der Waals surface area (Å²) in [6.45, 7) is 6.15.